The molecule has 2 rings (SSSR count). The third-order valence-electron chi connectivity index (χ3n) is 3.18. The fourth-order valence-corrected chi connectivity index (χ4v) is 2.04. The van der Waals surface area contributed by atoms with Gasteiger partial charge in [0.05, 0.1) is 12.6 Å². The molecule has 1 fully saturated rings. The number of amides is 1. The first-order valence-corrected chi connectivity index (χ1v) is 6.24. The Hall–Kier alpha value is -1.55. The van der Waals surface area contributed by atoms with Gasteiger partial charge in [0.1, 0.15) is 0 Å². The summed E-state index contributed by atoms with van der Waals surface area (Å²) in [5.74, 6) is 0.0284. The summed E-state index contributed by atoms with van der Waals surface area (Å²) in [7, 11) is 3.53. The zero-order valence-electron chi connectivity index (χ0n) is 11.2. The Bertz CT molecular complexity index is 437. The lowest BCUT2D eigenvalue weighted by molar-refractivity contribution is 0.0827. The van der Waals surface area contributed by atoms with Crippen molar-refractivity contribution in [1.29, 1.82) is 0 Å². The van der Waals surface area contributed by atoms with E-state index in [4.69, 9.17) is 4.74 Å². The molecule has 0 bridgehead atoms. The minimum atomic E-state index is 0.0284. The zero-order chi connectivity index (χ0) is 13.1. The third kappa shape index (κ3) is 2.82. The van der Waals surface area contributed by atoms with E-state index < -0.39 is 0 Å². The van der Waals surface area contributed by atoms with Crippen LogP contribution in [0.15, 0.2) is 18.2 Å². The molecule has 0 aliphatic carbocycles. The van der Waals surface area contributed by atoms with Crippen molar-refractivity contribution in [3.8, 4) is 0 Å². The summed E-state index contributed by atoms with van der Waals surface area (Å²) in [6.07, 6.45) is 1.02. The second-order valence-electron chi connectivity index (χ2n) is 4.93. The molecule has 18 heavy (non-hydrogen) atoms. The van der Waals surface area contributed by atoms with Crippen LogP contribution < -0.4 is 5.32 Å². The van der Waals surface area contributed by atoms with E-state index in [9.17, 15) is 4.79 Å². The molecule has 1 aliphatic rings. The highest BCUT2D eigenvalue weighted by molar-refractivity contribution is 5.95. The quantitative estimate of drug-likeness (QED) is 0.888. The molecule has 4 heteroatoms. The topological polar surface area (TPSA) is 41.6 Å². The Morgan fingerprint density at radius 1 is 1.44 bits per heavy atom. The van der Waals surface area contributed by atoms with E-state index in [-0.39, 0.29) is 5.91 Å². The van der Waals surface area contributed by atoms with Gasteiger partial charge >= 0.3 is 0 Å². The summed E-state index contributed by atoms with van der Waals surface area (Å²) in [4.78, 5) is 13.5. The predicted octanol–water partition coefficient (Wildman–Crippen LogP) is 1.90. The lowest BCUT2D eigenvalue weighted by Gasteiger charge is -2.17. The van der Waals surface area contributed by atoms with Crippen molar-refractivity contribution in [1.82, 2.24) is 4.90 Å². The molecule has 1 aromatic carbocycles. The number of benzene rings is 1. The van der Waals surface area contributed by atoms with Gasteiger partial charge in [0.2, 0.25) is 0 Å². The van der Waals surface area contributed by atoms with Gasteiger partial charge in [-0.15, -0.1) is 0 Å². The molecule has 0 spiro atoms. The van der Waals surface area contributed by atoms with E-state index in [1.807, 2.05) is 25.1 Å². The van der Waals surface area contributed by atoms with Crippen LogP contribution in [-0.4, -0.2) is 44.2 Å². The van der Waals surface area contributed by atoms with Crippen molar-refractivity contribution in [2.75, 3.05) is 32.6 Å². The highest BCUT2D eigenvalue weighted by atomic mass is 16.5. The molecule has 1 aromatic rings. The van der Waals surface area contributed by atoms with Crippen LogP contribution in [0.4, 0.5) is 5.69 Å². The largest absolute Gasteiger partial charge is 0.380 e. The average Bonchev–Trinajstić information content (AvgIpc) is 2.84. The molecule has 1 aliphatic heterocycles. The molecule has 1 heterocycles. The van der Waals surface area contributed by atoms with E-state index >= 15 is 0 Å². The van der Waals surface area contributed by atoms with Crippen LogP contribution >= 0.6 is 0 Å². The van der Waals surface area contributed by atoms with Crippen molar-refractivity contribution in [2.24, 2.45) is 0 Å². The van der Waals surface area contributed by atoms with Crippen molar-refractivity contribution in [3.63, 3.8) is 0 Å². The summed E-state index contributed by atoms with van der Waals surface area (Å²) < 4.78 is 5.35. The average molecular weight is 248 g/mol. The zero-order valence-corrected chi connectivity index (χ0v) is 11.2. The maximum Gasteiger partial charge on any atom is 0.253 e. The van der Waals surface area contributed by atoms with Gasteiger partial charge in [-0.05, 0) is 31.0 Å². The van der Waals surface area contributed by atoms with Gasteiger partial charge in [0, 0.05) is 32.0 Å². The van der Waals surface area contributed by atoms with Gasteiger partial charge in [0.25, 0.3) is 5.91 Å². The number of aryl methyl sites for hydroxylation is 1. The van der Waals surface area contributed by atoms with E-state index in [1.54, 1.807) is 19.0 Å². The molecule has 0 saturated carbocycles. The van der Waals surface area contributed by atoms with Crippen LogP contribution in [0.2, 0.25) is 0 Å². The Kier molecular flexibility index (Phi) is 3.87. The standard InChI is InChI=1S/C14H20N2O2/c1-10-4-5-11(14(17)16(2)3)8-13(10)15-12-6-7-18-9-12/h4-5,8,12,15H,6-7,9H2,1-3H3. The first-order chi connectivity index (χ1) is 8.58. The SMILES string of the molecule is Cc1ccc(C(=O)N(C)C)cc1NC1CCOC1. The first-order valence-electron chi connectivity index (χ1n) is 6.24. The second-order valence-corrected chi connectivity index (χ2v) is 4.93. The van der Waals surface area contributed by atoms with E-state index in [1.165, 1.54) is 0 Å². The van der Waals surface area contributed by atoms with Gasteiger partial charge < -0.3 is 15.0 Å². The molecule has 0 aromatic heterocycles. The lowest BCUT2D eigenvalue weighted by atomic mass is 10.1. The van der Waals surface area contributed by atoms with Crippen molar-refractivity contribution in [2.45, 2.75) is 19.4 Å². The highest BCUT2D eigenvalue weighted by Crippen LogP contribution is 2.20. The van der Waals surface area contributed by atoms with Crippen molar-refractivity contribution < 1.29 is 9.53 Å². The minimum absolute atomic E-state index is 0.0284. The van der Waals surface area contributed by atoms with Crippen molar-refractivity contribution >= 4 is 11.6 Å². The normalized spacial score (nSPS) is 18.7. The smallest absolute Gasteiger partial charge is 0.253 e. The monoisotopic (exact) mass is 248 g/mol. The summed E-state index contributed by atoms with van der Waals surface area (Å²) >= 11 is 0. The summed E-state index contributed by atoms with van der Waals surface area (Å²) in [6.45, 7) is 3.60. The molecule has 1 unspecified atom stereocenters. The summed E-state index contributed by atoms with van der Waals surface area (Å²) in [5, 5.41) is 3.45. The minimum Gasteiger partial charge on any atom is -0.380 e. The number of anilines is 1. The molecule has 4 nitrogen and oxygen atoms in total. The third-order valence-corrected chi connectivity index (χ3v) is 3.18. The maximum absolute atomic E-state index is 11.9. The molecule has 1 N–H and O–H groups in total. The first kappa shape index (κ1) is 12.9. The number of ether oxygens (including phenoxy) is 1. The molecule has 1 atom stereocenters. The summed E-state index contributed by atoms with van der Waals surface area (Å²) in [6, 6.07) is 6.13. The van der Waals surface area contributed by atoms with Crippen LogP contribution in [0.25, 0.3) is 0 Å². The molecule has 1 amide bonds. The van der Waals surface area contributed by atoms with Crippen LogP contribution in [0.5, 0.6) is 0 Å². The Morgan fingerprint density at radius 2 is 2.22 bits per heavy atom. The number of hydrogen-bond acceptors (Lipinski definition) is 3. The number of carbonyl (C=O) groups is 1. The second kappa shape index (κ2) is 5.40. The maximum atomic E-state index is 11.9. The lowest BCUT2D eigenvalue weighted by Crippen LogP contribution is -2.23. The number of nitrogens with zero attached hydrogens (tertiary/aromatic N) is 1. The van der Waals surface area contributed by atoms with Gasteiger partial charge in [-0.2, -0.15) is 0 Å². The van der Waals surface area contributed by atoms with E-state index in [2.05, 4.69) is 5.32 Å². The van der Waals surface area contributed by atoms with Gasteiger partial charge in [0.15, 0.2) is 0 Å². The van der Waals surface area contributed by atoms with Crippen LogP contribution in [-0.2, 0) is 4.74 Å². The fraction of sp³-hybridized carbons (Fsp3) is 0.500. The predicted molar refractivity (Wildman–Crippen MR) is 72.0 cm³/mol. The van der Waals surface area contributed by atoms with Crippen LogP contribution in [0, 0.1) is 6.92 Å². The molecular weight excluding hydrogens is 228 g/mol. The fourth-order valence-electron chi connectivity index (χ4n) is 2.04. The van der Waals surface area contributed by atoms with Crippen LogP contribution in [0.1, 0.15) is 22.3 Å². The number of hydrogen-bond donors (Lipinski definition) is 1. The van der Waals surface area contributed by atoms with Gasteiger partial charge in [-0.1, -0.05) is 6.07 Å². The van der Waals surface area contributed by atoms with E-state index in [0.717, 1.165) is 30.9 Å². The molecule has 1 saturated heterocycles. The molecular formula is C14H20N2O2. The Morgan fingerprint density at radius 3 is 2.83 bits per heavy atom. The Labute approximate surface area is 108 Å². The number of rotatable bonds is 3. The van der Waals surface area contributed by atoms with Crippen LogP contribution in [0.3, 0.4) is 0 Å². The van der Waals surface area contributed by atoms with Gasteiger partial charge in [-0.3, -0.25) is 4.79 Å². The number of carbonyl (C=O) groups excluding carboxylic acids is 1. The molecule has 98 valence electrons. The number of nitrogens with one attached hydrogen (secondary N) is 1. The van der Waals surface area contributed by atoms with Crippen molar-refractivity contribution in [3.05, 3.63) is 29.3 Å². The Balaban J connectivity index is 2.18. The van der Waals surface area contributed by atoms with Gasteiger partial charge in [-0.25, -0.2) is 0 Å². The highest BCUT2D eigenvalue weighted by Gasteiger charge is 2.17. The van der Waals surface area contributed by atoms with E-state index in [0.29, 0.717) is 11.6 Å². The molecule has 0 radical (unpaired) electrons. The summed E-state index contributed by atoms with van der Waals surface area (Å²) in [5.41, 5.74) is 2.89.